The average Bonchev–Trinajstić information content (AvgIpc) is 3.47. The lowest BCUT2D eigenvalue weighted by molar-refractivity contribution is -0.128. The molecule has 1 N–H and O–H groups in total. The van der Waals surface area contributed by atoms with E-state index in [-0.39, 0.29) is 11.8 Å². The van der Waals surface area contributed by atoms with Crippen LogP contribution >= 0.6 is 0 Å². The molecule has 0 aromatic heterocycles. The molecule has 8 nitrogen and oxygen atoms in total. The molecule has 2 bridgehead atoms. The normalized spacial score (nSPS) is 27.4. The highest BCUT2D eigenvalue weighted by molar-refractivity contribution is 6.05. The Bertz CT molecular complexity index is 1100. The van der Waals surface area contributed by atoms with E-state index in [0.29, 0.717) is 29.5 Å². The van der Waals surface area contributed by atoms with E-state index in [1.165, 1.54) is 7.11 Å². The van der Waals surface area contributed by atoms with Crippen LogP contribution in [-0.2, 0) is 14.3 Å². The van der Waals surface area contributed by atoms with Crippen LogP contribution in [0.5, 0.6) is 17.2 Å². The number of hydrogen-bond donors (Lipinski definition) is 1. The fraction of sp³-hybridized carbons (Fsp3) is 0.333. The number of fused-ring (bicyclic) bond motifs is 1. The van der Waals surface area contributed by atoms with Gasteiger partial charge >= 0.3 is 0 Å². The van der Waals surface area contributed by atoms with Crippen LogP contribution in [0, 0.1) is 11.8 Å². The quantitative estimate of drug-likeness (QED) is 0.701. The van der Waals surface area contributed by atoms with Crippen molar-refractivity contribution in [2.24, 2.45) is 11.8 Å². The number of carbonyl (C=O) groups is 2. The molecule has 5 rings (SSSR count). The van der Waals surface area contributed by atoms with Crippen LogP contribution in [0.3, 0.4) is 0 Å². The molecule has 2 fully saturated rings. The Kier molecular flexibility index (Phi) is 4.82. The summed E-state index contributed by atoms with van der Waals surface area (Å²) in [5, 5.41) is 2.92. The van der Waals surface area contributed by atoms with E-state index in [1.54, 1.807) is 37.3 Å². The largest absolute Gasteiger partial charge is 0.497 e. The first-order chi connectivity index (χ1) is 15.5. The van der Waals surface area contributed by atoms with Crippen molar-refractivity contribution in [3.05, 3.63) is 54.6 Å². The zero-order valence-corrected chi connectivity index (χ0v) is 18.0. The van der Waals surface area contributed by atoms with Gasteiger partial charge in [-0.1, -0.05) is 12.2 Å². The van der Waals surface area contributed by atoms with E-state index in [1.807, 2.05) is 36.4 Å². The molecule has 8 heteroatoms. The fourth-order valence-electron chi connectivity index (χ4n) is 4.90. The molecular formula is C24H24N2O6. The van der Waals surface area contributed by atoms with E-state index >= 15 is 0 Å². The summed E-state index contributed by atoms with van der Waals surface area (Å²) < 4.78 is 22.0. The molecule has 3 unspecified atom stereocenters. The first-order valence-electron chi connectivity index (χ1n) is 10.3. The summed E-state index contributed by atoms with van der Waals surface area (Å²) >= 11 is 0. The van der Waals surface area contributed by atoms with Gasteiger partial charge in [0, 0.05) is 11.8 Å². The molecule has 2 aromatic rings. The summed E-state index contributed by atoms with van der Waals surface area (Å²) in [5.74, 6) is 0.173. The number of rotatable bonds is 6. The maximum atomic E-state index is 13.5. The predicted molar refractivity (Wildman–Crippen MR) is 117 cm³/mol. The smallest absolute Gasteiger partial charge is 0.234 e. The van der Waals surface area contributed by atoms with Crippen LogP contribution in [0.15, 0.2) is 54.6 Å². The third kappa shape index (κ3) is 3.02. The van der Waals surface area contributed by atoms with Crippen molar-refractivity contribution < 1.29 is 28.5 Å². The Balaban J connectivity index is 1.41. The number of methoxy groups -OCH3 is 3. The maximum Gasteiger partial charge on any atom is 0.234 e. The van der Waals surface area contributed by atoms with Gasteiger partial charge < -0.3 is 29.2 Å². The molecule has 0 saturated carbocycles. The first kappa shape index (κ1) is 20.4. The lowest BCUT2D eigenvalue weighted by Crippen LogP contribution is -2.41. The van der Waals surface area contributed by atoms with Crippen LogP contribution in [0.1, 0.15) is 0 Å². The second kappa shape index (κ2) is 7.56. The zero-order chi connectivity index (χ0) is 22.5. The highest BCUT2D eigenvalue weighted by Crippen LogP contribution is 2.53. The SMILES string of the molecule is COc1ccc(N2CC34C=C[C@H](O3)C(C(=O)Nc3ccc(OC)cc3OC)C4C2=O)cc1. The van der Waals surface area contributed by atoms with Crippen LogP contribution in [0.25, 0.3) is 0 Å². The number of benzene rings is 2. The van der Waals surface area contributed by atoms with Gasteiger partial charge in [-0.15, -0.1) is 0 Å². The third-order valence-corrected chi connectivity index (χ3v) is 6.45. The second-order valence-corrected chi connectivity index (χ2v) is 8.08. The van der Waals surface area contributed by atoms with Crippen molar-refractivity contribution in [1.29, 1.82) is 0 Å². The van der Waals surface area contributed by atoms with Crippen molar-refractivity contribution >= 4 is 23.2 Å². The summed E-state index contributed by atoms with van der Waals surface area (Å²) in [6.45, 7) is 0.367. The molecule has 32 heavy (non-hydrogen) atoms. The van der Waals surface area contributed by atoms with E-state index in [9.17, 15) is 9.59 Å². The number of ether oxygens (including phenoxy) is 4. The maximum absolute atomic E-state index is 13.5. The van der Waals surface area contributed by atoms with Gasteiger partial charge in [-0.05, 0) is 36.4 Å². The van der Waals surface area contributed by atoms with Crippen molar-refractivity contribution in [3.63, 3.8) is 0 Å². The molecule has 2 saturated heterocycles. The molecule has 3 aliphatic rings. The number of hydrogen-bond acceptors (Lipinski definition) is 6. The summed E-state index contributed by atoms with van der Waals surface area (Å²) in [5.41, 5.74) is 0.459. The molecule has 1 spiro atoms. The molecule has 4 atom stereocenters. The lowest BCUT2D eigenvalue weighted by Gasteiger charge is -2.24. The van der Waals surface area contributed by atoms with Gasteiger partial charge in [-0.3, -0.25) is 9.59 Å². The van der Waals surface area contributed by atoms with E-state index in [4.69, 9.17) is 18.9 Å². The Hall–Kier alpha value is -3.52. The molecule has 0 radical (unpaired) electrons. The minimum atomic E-state index is -0.798. The van der Waals surface area contributed by atoms with Gasteiger partial charge in [-0.25, -0.2) is 0 Å². The molecule has 3 heterocycles. The second-order valence-electron chi connectivity index (χ2n) is 8.08. The number of carbonyl (C=O) groups excluding carboxylic acids is 2. The molecule has 3 aliphatic heterocycles. The van der Waals surface area contributed by atoms with Gasteiger partial charge in [0.05, 0.1) is 51.5 Å². The van der Waals surface area contributed by atoms with Crippen LogP contribution in [-0.4, -0.2) is 51.4 Å². The third-order valence-electron chi connectivity index (χ3n) is 6.45. The summed E-state index contributed by atoms with van der Waals surface area (Å²) in [6, 6.07) is 12.4. The van der Waals surface area contributed by atoms with Crippen LogP contribution in [0.4, 0.5) is 11.4 Å². The fourth-order valence-corrected chi connectivity index (χ4v) is 4.90. The van der Waals surface area contributed by atoms with Crippen molar-refractivity contribution in [2.75, 3.05) is 38.1 Å². The molecule has 2 amide bonds. The van der Waals surface area contributed by atoms with Gasteiger partial charge in [0.25, 0.3) is 0 Å². The summed E-state index contributed by atoms with van der Waals surface area (Å²) in [4.78, 5) is 28.5. The van der Waals surface area contributed by atoms with Crippen molar-refractivity contribution in [3.8, 4) is 17.2 Å². The van der Waals surface area contributed by atoms with E-state index < -0.39 is 23.5 Å². The average molecular weight is 436 g/mol. The Morgan fingerprint density at radius 2 is 1.78 bits per heavy atom. The van der Waals surface area contributed by atoms with Crippen molar-refractivity contribution in [1.82, 2.24) is 0 Å². The van der Waals surface area contributed by atoms with Crippen LogP contribution < -0.4 is 24.4 Å². The van der Waals surface area contributed by atoms with Gasteiger partial charge in [-0.2, -0.15) is 0 Å². The highest BCUT2D eigenvalue weighted by Gasteiger charge is 2.67. The monoisotopic (exact) mass is 436 g/mol. The summed E-state index contributed by atoms with van der Waals surface area (Å²) in [6.07, 6.45) is 3.38. The number of nitrogens with one attached hydrogen (secondary N) is 1. The Labute approximate surface area is 185 Å². The number of amides is 2. The van der Waals surface area contributed by atoms with Gasteiger partial charge in [0.15, 0.2) is 0 Å². The molecule has 166 valence electrons. The predicted octanol–water partition coefficient (Wildman–Crippen LogP) is 2.64. The molecule has 0 aliphatic carbocycles. The van der Waals surface area contributed by atoms with Crippen molar-refractivity contribution in [2.45, 2.75) is 11.7 Å². The van der Waals surface area contributed by atoms with Gasteiger partial charge in [0.1, 0.15) is 22.8 Å². The van der Waals surface area contributed by atoms with Gasteiger partial charge in [0.2, 0.25) is 11.8 Å². The highest BCUT2D eigenvalue weighted by atomic mass is 16.5. The zero-order valence-electron chi connectivity index (χ0n) is 18.0. The minimum absolute atomic E-state index is 0.121. The number of anilines is 2. The Morgan fingerprint density at radius 3 is 2.47 bits per heavy atom. The van der Waals surface area contributed by atoms with E-state index in [2.05, 4.69) is 5.32 Å². The minimum Gasteiger partial charge on any atom is -0.497 e. The number of nitrogens with zero attached hydrogens (tertiary/aromatic N) is 1. The van der Waals surface area contributed by atoms with Crippen LogP contribution in [0.2, 0.25) is 0 Å². The molecular weight excluding hydrogens is 412 g/mol. The summed E-state index contributed by atoms with van der Waals surface area (Å²) in [7, 11) is 4.68. The van der Waals surface area contributed by atoms with E-state index in [0.717, 1.165) is 5.69 Å². The lowest BCUT2D eigenvalue weighted by atomic mass is 9.76. The first-order valence-corrected chi connectivity index (χ1v) is 10.3. The molecule has 2 aromatic carbocycles. The Morgan fingerprint density at radius 1 is 1.06 bits per heavy atom. The standard InChI is InChI=1S/C24H24N2O6/c1-29-15-6-4-14(5-7-15)26-13-24-11-10-18(32-24)20(21(24)23(26)28)22(27)25-17-9-8-16(30-2)12-19(17)31-3/h4-12,18,20-21H,13H2,1-3H3,(H,25,27)/t18-,20?,21?,24?/m0/s1. The topological polar surface area (TPSA) is 86.3 Å².